The van der Waals surface area contributed by atoms with Crippen molar-refractivity contribution in [1.29, 1.82) is 0 Å². The Bertz CT molecular complexity index is 316. The molecule has 0 radical (unpaired) electrons. The quantitative estimate of drug-likeness (QED) is 0.603. The summed E-state index contributed by atoms with van der Waals surface area (Å²) in [6.07, 6.45) is 3.47. The lowest BCUT2D eigenvalue weighted by atomic mass is 10.1. The zero-order valence-corrected chi connectivity index (χ0v) is 8.92. The third-order valence-corrected chi connectivity index (χ3v) is 1.72. The molecule has 0 saturated carbocycles. The average Bonchev–Trinajstić information content (AvgIpc) is 2.14. The van der Waals surface area contributed by atoms with Crippen molar-refractivity contribution in [1.82, 2.24) is 0 Å². The number of benzene rings is 1. The van der Waals surface area contributed by atoms with Crippen LogP contribution in [-0.4, -0.2) is 6.72 Å². The molecule has 0 fully saturated rings. The summed E-state index contributed by atoms with van der Waals surface area (Å²) in [5, 5.41) is 0. The highest BCUT2D eigenvalue weighted by molar-refractivity contribution is 5.25. The van der Waals surface area contributed by atoms with Crippen molar-refractivity contribution >= 4 is 6.72 Å². The van der Waals surface area contributed by atoms with Gasteiger partial charge in [0.15, 0.2) is 0 Å². The largest absolute Gasteiger partial charge is 0.273 e. The highest BCUT2D eigenvalue weighted by atomic mass is 19.1. The number of nitrogens with zero attached hydrogens (tertiary/aromatic N) is 1. The summed E-state index contributed by atoms with van der Waals surface area (Å²) in [6, 6.07) is 4.79. The van der Waals surface area contributed by atoms with Gasteiger partial charge in [0, 0.05) is 6.20 Å². The van der Waals surface area contributed by atoms with E-state index >= 15 is 0 Å². The first-order chi connectivity index (χ1) is 6.61. The summed E-state index contributed by atoms with van der Waals surface area (Å²) in [5.41, 5.74) is 2.14. The van der Waals surface area contributed by atoms with E-state index in [4.69, 9.17) is 0 Å². The number of halogens is 1. The van der Waals surface area contributed by atoms with Gasteiger partial charge in [-0.25, -0.2) is 4.39 Å². The molecule has 1 nitrogen and oxygen atoms in total. The molecule has 14 heavy (non-hydrogen) atoms. The Kier molecular flexibility index (Phi) is 6.29. The van der Waals surface area contributed by atoms with Gasteiger partial charge in [0.25, 0.3) is 0 Å². The monoisotopic (exact) mass is 193 g/mol. The molecule has 0 bridgehead atoms. The zero-order chi connectivity index (χ0) is 11.0. The first-order valence-corrected chi connectivity index (χ1v) is 4.41. The summed E-state index contributed by atoms with van der Waals surface area (Å²) in [7, 11) is 0. The molecule has 0 aliphatic heterocycles. The van der Waals surface area contributed by atoms with Gasteiger partial charge in [-0.1, -0.05) is 12.1 Å². The second kappa shape index (κ2) is 7.01. The van der Waals surface area contributed by atoms with Crippen molar-refractivity contribution in [3.63, 3.8) is 0 Å². The summed E-state index contributed by atoms with van der Waals surface area (Å²) in [5.74, 6) is -0.155. The molecule has 0 unspecified atom stereocenters. The first-order valence-electron chi connectivity index (χ1n) is 4.41. The summed E-state index contributed by atoms with van der Waals surface area (Å²) >= 11 is 0. The molecule has 1 aromatic carbocycles. The van der Waals surface area contributed by atoms with E-state index < -0.39 is 0 Å². The van der Waals surface area contributed by atoms with E-state index in [1.807, 2.05) is 26.8 Å². The van der Waals surface area contributed by atoms with Gasteiger partial charge in [-0.05, 0) is 50.7 Å². The Morgan fingerprint density at radius 2 is 1.93 bits per heavy atom. The molecule has 76 valence electrons. The number of hydrogen-bond donors (Lipinski definition) is 0. The number of hydrogen-bond acceptors (Lipinski definition) is 1. The normalized spacial score (nSPS) is 9.43. The van der Waals surface area contributed by atoms with Crippen LogP contribution in [0.2, 0.25) is 0 Å². The van der Waals surface area contributed by atoms with E-state index in [0.29, 0.717) is 0 Å². The number of rotatable bonds is 1. The molecule has 0 aliphatic carbocycles. The maximum atomic E-state index is 12.3. The maximum Gasteiger partial charge on any atom is 0.123 e. The highest BCUT2D eigenvalue weighted by Crippen LogP contribution is 2.07. The number of aryl methyl sites for hydroxylation is 2. The minimum absolute atomic E-state index is 0.155. The standard InChI is InChI=1S/C8H9F.C4H7N/c1-6-3-4-8(9)5-7(6)2;1-3-4-5-2/h3-5H,1-2H3;3-4H,2H2,1H3/b;4-3-. The molecule has 0 amide bonds. The van der Waals surface area contributed by atoms with E-state index in [9.17, 15) is 4.39 Å². The minimum atomic E-state index is -0.155. The van der Waals surface area contributed by atoms with Crippen LogP contribution in [0.3, 0.4) is 0 Å². The Morgan fingerprint density at radius 1 is 1.29 bits per heavy atom. The van der Waals surface area contributed by atoms with Crippen LogP contribution in [0.4, 0.5) is 4.39 Å². The molecular weight excluding hydrogens is 177 g/mol. The van der Waals surface area contributed by atoms with E-state index in [-0.39, 0.29) is 5.82 Å². The van der Waals surface area contributed by atoms with Crippen molar-refractivity contribution in [3.05, 3.63) is 47.4 Å². The van der Waals surface area contributed by atoms with E-state index in [1.54, 1.807) is 12.3 Å². The maximum absolute atomic E-state index is 12.3. The molecule has 0 atom stereocenters. The van der Waals surface area contributed by atoms with E-state index in [0.717, 1.165) is 11.1 Å². The second-order valence-corrected chi connectivity index (χ2v) is 2.89. The third kappa shape index (κ3) is 5.25. The molecule has 1 rings (SSSR count). The molecule has 0 heterocycles. The molecular formula is C12H16FN. The fourth-order valence-electron chi connectivity index (χ4n) is 0.810. The highest BCUT2D eigenvalue weighted by Gasteiger charge is 1.91. The number of aliphatic imine (C=N–C) groups is 1. The van der Waals surface area contributed by atoms with Crippen LogP contribution < -0.4 is 0 Å². The van der Waals surface area contributed by atoms with Crippen LogP contribution >= 0.6 is 0 Å². The van der Waals surface area contributed by atoms with Gasteiger partial charge in [-0.15, -0.1) is 0 Å². The lowest BCUT2D eigenvalue weighted by molar-refractivity contribution is 0.626. The Labute approximate surface area is 85.0 Å². The zero-order valence-electron chi connectivity index (χ0n) is 8.92. The Balaban J connectivity index is 0.000000292. The summed E-state index contributed by atoms with van der Waals surface area (Å²) in [6.45, 7) is 8.98. The van der Waals surface area contributed by atoms with Crippen molar-refractivity contribution in [2.24, 2.45) is 4.99 Å². The van der Waals surface area contributed by atoms with Gasteiger partial charge in [0.05, 0.1) is 0 Å². The van der Waals surface area contributed by atoms with Crippen LogP contribution in [0.15, 0.2) is 35.5 Å². The molecule has 0 spiro atoms. The fraction of sp³-hybridized carbons (Fsp3) is 0.250. The Morgan fingerprint density at radius 3 is 2.21 bits per heavy atom. The SMILES string of the molecule is C=N/C=C\C.Cc1ccc(F)cc1C. The molecule has 1 aromatic rings. The second-order valence-electron chi connectivity index (χ2n) is 2.89. The summed E-state index contributed by atoms with van der Waals surface area (Å²) < 4.78 is 12.3. The Hall–Kier alpha value is -1.44. The van der Waals surface area contributed by atoms with Gasteiger partial charge < -0.3 is 0 Å². The van der Waals surface area contributed by atoms with Crippen LogP contribution in [0.25, 0.3) is 0 Å². The first kappa shape index (κ1) is 12.6. The van der Waals surface area contributed by atoms with E-state index in [1.165, 1.54) is 12.1 Å². The van der Waals surface area contributed by atoms with Gasteiger partial charge in [-0.2, -0.15) is 0 Å². The molecule has 0 aromatic heterocycles. The van der Waals surface area contributed by atoms with Gasteiger partial charge in [-0.3, -0.25) is 4.99 Å². The lowest BCUT2D eigenvalue weighted by Gasteiger charge is -1.96. The lowest BCUT2D eigenvalue weighted by Crippen LogP contribution is -1.80. The van der Waals surface area contributed by atoms with E-state index in [2.05, 4.69) is 11.7 Å². The minimum Gasteiger partial charge on any atom is -0.273 e. The third-order valence-electron chi connectivity index (χ3n) is 1.72. The molecule has 0 saturated heterocycles. The average molecular weight is 193 g/mol. The molecule has 0 N–H and O–H groups in total. The van der Waals surface area contributed by atoms with Crippen LogP contribution in [0.5, 0.6) is 0 Å². The van der Waals surface area contributed by atoms with Crippen LogP contribution in [0.1, 0.15) is 18.1 Å². The predicted molar refractivity (Wildman–Crippen MR) is 60.2 cm³/mol. The smallest absolute Gasteiger partial charge is 0.123 e. The van der Waals surface area contributed by atoms with Gasteiger partial charge >= 0.3 is 0 Å². The number of allylic oxidation sites excluding steroid dienone is 1. The topological polar surface area (TPSA) is 12.4 Å². The van der Waals surface area contributed by atoms with Crippen molar-refractivity contribution in [3.8, 4) is 0 Å². The van der Waals surface area contributed by atoms with Crippen molar-refractivity contribution in [2.75, 3.05) is 0 Å². The summed E-state index contributed by atoms with van der Waals surface area (Å²) in [4.78, 5) is 3.42. The predicted octanol–water partition coefficient (Wildman–Crippen LogP) is 3.66. The van der Waals surface area contributed by atoms with Crippen molar-refractivity contribution in [2.45, 2.75) is 20.8 Å². The van der Waals surface area contributed by atoms with Crippen molar-refractivity contribution < 1.29 is 4.39 Å². The fourth-order valence-corrected chi connectivity index (χ4v) is 0.810. The van der Waals surface area contributed by atoms with Crippen LogP contribution in [0, 0.1) is 19.7 Å². The van der Waals surface area contributed by atoms with Gasteiger partial charge in [0.1, 0.15) is 5.82 Å². The molecule has 0 aliphatic rings. The van der Waals surface area contributed by atoms with Crippen LogP contribution in [-0.2, 0) is 0 Å². The van der Waals surface area contributed by atoms with Gasteiger partial charge in [0.2, 0.25) is 0 Å². The molecule has 2 heteroatoms.